The summed E-state index contributed by atoms with van der Waals surface area (Å²) < 4.78 is 0. The second-order valence-corrected chi connectivity index (χ2v) is 10.7. The predicted molar refractivity (Wildman–Crippen MR) is 151 cm³/mol. The zero-order valence-electron chi connectivity index (χ0n) is 21.8. The van der Waals surface area contributed by atoms with E-state index in [4.69, 9.17) is 0 Å². The van der Waals surface area contributed by atoms with E-state index in [2.05, 4.69) is 47.4 Å². The van der Waals surface area contributed by atoms with Crippen molar-refractivity contribution in [3.8, 4) is 0 Å². The van der Waals surface area contributed by atoms with Crippen molar-refractivity contribution < 1.29 is 9.59 Å². The molecule has 1 aliphatic carbocycles. The van der Waals surface area contributed by atoms with Crippen LogP contribution in [0.4, 0.5) is 0 Å². The Hall–Kier alpha value is -3.86. The van der Waals surface area contributed by atoms with Crippen molar-refractivity contribution in [2.45, 2.75) is 44.6 Å². The third kappa shape index (κ3) is 4.85. The topological polar surface area (TPSA) is 56.4 Å². The number of aromatic nitrogens is 1. The van der Waals surface area contributed by atoms with E-state index in [0.717, 1.165) is 48.9 Å². The summed E-state index contributed by atoms with van der Waals surface area (Å²) in [6.07, 6.45) is 5.04. The van der Waals surface area contributed by atoms with Gasteiger partial charge in [0.05, 0.1) is 6.04 Å². The summed E-state index contributed by atoms with van der Waals surface area (Å²) in [5.74, 6) is 0.451. The summed E-state index contributed by atoms with van der Waals surface area (Å²) in [5.41, 5.74) is 5.87. The van der Waals surface area contributed by atoms with Gasteiger partial charge >= 0.3 is 0 Å². The first-order valence-corrected chi connectivity index (χ1v) is 14.0. The average molecular weight is 506 g/mol. The number of nitrogens with one attached hydrogen (secondary N) is 1. The van der Waals surface area contributed by atoms with Gasteiger partial charge in [-0.05, 0) is 48.4 Å². The minimum Gasteiger partial charge on any atom is -0.356 e. The van der Waals surface area contributed by atoms with Gasteiger partial charge < -0.3 is 14.8 Å². The van der Waals surface area contributed by atoms with Crippen LogP contribution in [-0.2, 0) is 22.4 Å². The highest BCUT2D eigenvalue weighted by molar-refractivity contribution is 5.87. The molecule has 194 valence electrons. The van der Waals surface area contributed by atoms with Crippen molar-refractivity contribution in [1.82, 2.24) is 14.8 Å². The molecule has 6 rings (SSSR count). The van der Waals surface area contributed by atoms with Crippen molar-refractivity contribution in [3.05, 3.63) is 107 Å². The van der Waals surface area contributed by atoms with Crippen molar-refractivity contribution in [2.75, 3.05) is 19.6 Å². The fourth-order valence-electron chi connectivity index (χ4n) is 6.02. The molecule has 0 bridgehead atoms. The number of nitrogens with zero attached hydrogens (tertiary/aromatic N) is 2. The van der Waals surface area contributed by atoms with E-state index in [1.54, 1.807) is 0 Å². The molecule has 1 unspecified atom stereocenters. The maximum Gasteiger partial charge on any atom is 0.225 e. The van der Waals surface area contributed by atoms with Gasteiger partial charge in [-0.15, -0.1) is 0 Å². The van der Waals surface area contributed by atoms with Crippen LogP contribution in [0.3, 0.4) is 0 Å². The minimum absolute atomic E-state index is 0.106. The molecule has 1 aliphatic heterocycles. The van der Waals surface area contributed by atoms with Gasteiger partial charge in [0.15, 0.2) is 0 Å². The smallest absolute Gasteiger partial charge is 0.225 e. The molecular weight excluding hydrogens is 470 g/mol. The highest BCUT2D eigenvalue weighted by atomic mass is 16.2. The molecule has 4 aromatic rings. The van der Waals surface area contributed by atoms with Crippen LogP contribution in [-0.4, -0.2) is 46.2 Å². The standard InChI is InChI=1S/C33H35N3O2/c37-30(20-22-35(33(38)26-14-9-15-26)21-18-24-10-3-1-4-11-24)36-23-19-28-27-16-7-8-17-29(27)34-31(28)32(36)25-12-5-2-6-13-25/h1-8,10-13,16-17,26,32,34H,9,14-15,18-23H2. The van der Waals surface area contributed by atoms with Gasteiger partial charge in [-0.2, -0.15) is 0 Å². The number of rotatable bonds is 8. The Labute approximate surface area is 224 Å². The Bertz CT molecular complexity index is 1410. The zero-order chi connectivity index (χ0) is 25.9. The highest BCUT2D eigenvalue weighted by Gasteiger charge is 2.35. The van der Waals surface area contributed by atoms with E-state index >= 15 is 0 Å². The van der Waals surface area contributed by atoms with Crippen molar-refractivity contribution in [3.63, 3.8) is 0 Å². The Morgan fingerprint density at radius 2 is 1.58 bits per heavy atom. The molecule has 1 aromatic heterocycles. The molecule has 1 saturated carbocycles. The van der Waals surface area contributed by atoms with Crippen LogP contribution in [0, 0.1) is 5.92 Å². The molecule has 0 radical (unpaired) electrons. The Kier molecular flexibility index (Phi) is 7.00. The number of H-pyrrole nitrogens is 1. The van der Waals surface area contributed by atoms with E-state index in [9.17, 15) is 9.59 Å². The molecule has 2 aliphatic rings. The van der Waals surface area contributed by atoms with E-state index in [0.29, 0.717) is 26.1 Å². The summed E-state index contributed by atoms with van der Waals surface area (Å²) in [6.45, 7) is 1.80. The summed E-state index contributed by atoms with van der Waals surface area (Å²) >= 11 is 0. The Balaban J connectivity index is 1.22. The second kappa shape index (κ2) is 10.9. The number of carbonyl (C=O) groups is 2. The van der Waals surface area contributed by atoms with Gasteiger partial charge in [-0.3, -0.25) is 9.59 Å². The van der Waals surface area contributed by atoms with Crippen molar-refractivity contribution in [1.29, 1.82) is 0 Å². The number of benzene rings is 3. The maximum atomic E-state index is 13.8. The van der Waals surface area contributed by atoms with Gasteiger partial charge in [-0.25, -0.2) is 0 Å². The van der Waals surface area contributed by atoms with Gasteiger partial charge in [0.25, 0.3) is 0 Å². The monoisotopic (exact) mass is 505 g/mol. The largest absolute Gasteiger partial charge is 0.356 e. The number of fused-ring (bicyclic) bond motifs is 3. The van der Waals surface area contributed by atoms with Gasteiger partial charge in [0, 0.05) is 48.6 Å². The molecule has 1 fully saturated rings. The van der Waals surface area contributed by atoms with E-state index in [-0.39, 0.29) is 23.8 Å². The first-order chi connectivity index (χ1) is 18.7. The lowest BCUT2D eigenvalue weighted by Crippen LogP contribution is -2.44. The highest BCUT2D eigenvalue weighted by Crippen LogP contribution is 2.38. The SMILES string of the molecule is O=C(C1CCC1)N(CCC(=O)N1CCc2c([nH]c3ccccc23)C1c1ccccc1)CCc1ccccc1. The lowest BCUT2D eigenvalue weighted by molar-refractivity contribution is -0.139. The number of carbonyl (C=O) groups excluding carboxylic acids is 2. The number of hydrogen-bond donors (Lipinski definition) is 1. The Morgan fingerprint density at radius 3 is 2.32 bits per heavy atom. The van der Waals surface area contributed by atoms with Crippen LogP contribution >= 0.6 is 0 Å². The van der Waals surface area contributed by atoms with Crippen LogP contribution < -0.4 is 0 Å². The molecule has 2 heterocycles. The molecule has 38 heavy (non-hydrogen) atoms. The lowest BCUT2D eigenvalue weighted by Gasteiger charge is -2.37. The maximum absolute atomic E-state index is 13.8. The van der Waals surface area contributed by atoms with Crippen LogP contribution in [0.25, 0.3) is 10.9 Å². The lowest BCUT2D eigenvalue weighted by atomic mass is 9.84. The molecule has 5 nitrogen and oxygen atoms in total. The number of hydrogen-bond acceptors (Lipinski definition) is 2. The van der Waals surface area contributed by atoms with Crippen LogP contribution in [0.5, 0.6) is 0 Å². The zero-order valence-corrected chi connectivity index (χ0v) is 21.8. The molecule has 2 amide bonds. The number of para-hydroxylation sites is 1. The molecule has 0 spiro atoms. The Morgan fingerprint density at radius 1 is 0.868 bits per heavy atom. The van der Waals surface area contributed by atoms with Crippen LogP contribution in [0.15, 0.2) is 84.9 Å². The summed E-state index contributed by atoms with van der Waals surface area (Å²) in [7, 11) is 0. The minimum atomic E-state index is -0.153. The molecule has 0 saturated heterocycles. The molecule has 1 N–H and O–H groups in total. The first kappa shape index (κ1) is 24.5. The predicted octanol–water partition coefficient (Wildman–Crippen LogP) is 5.90. The third-order valence-corrected chi connectivity index (χ3v) is 8.35. The fraction of sp³-hybridized carbons (Fsp3) is 0.333. The first-order valence-electron chi connectivity index (χ1n) is 14.0. The van der Waals surface area contributed by atoms with Crippen LogP contribution in [0.2, 0.25) is 0 Å². The normalized spacial score (nSPS) is 17.2. The van der Waals surface area contributed by atoms with Crippen molar-refractivity contribution in [2.24, 2.45) is 5.92 Å². The summed E-state index contributed by atoms with van der Waals surface area (Å²) in [5, 5.41) is 1.24. The molecular formula is C33H35N3O2. The quantitative estimate of drug-likeness (QED) is 0.324. The van der Waals surface area contributed by atoms with Gasteiger partial charge in [0.1, 0.15) is 0 Å². The van der Waals surface area contributed by atoms with E-state index in [1.807, 2.05) is 52.3 Å². The van der Waals surface area contributed by atoms with E-state index < -0.39 is 0 Å². The summed E-state index contributed by atoms with van der Waals surface area (Å²) in [4.78, 5) is 34.7. The van der Waals surface area contributed by atoms with E-state index in [1.165, 1.54) is 16.5 Å². The number of aromatic amines is 1. The molecule has 5 heteroatoms. The van der Waals surface area contributed by atoms with Gasteiger partial charge in [-0.1, -0.05) is 85.3 Å². The van der Waals surface area contributed by atoms with Crippen molar-refractivity contribution >= 4 is 22.7 Å². The fourth-order valence-corrected chi connectivity index (χ4v) is 6.02. The van der Waals surface area contributed by atoms with Gasteiger partial charge in [0.2, 0.25) is 11.8 Å². The summed E-state index contributed by atoms with van der Waals surface area (Å²) in [6, 6.07) is 28.9. The van der Waals surface area contributed by atoms with Crippen LogP contribution in [0.1, 0.15) is 54.1 Å². The molecule has 3 aromatic carbocycles. The molecule has 1 atom stereocenters. The number of amides is 2. The average Bonchev–Trinajstić information content (AvgIpc) is 3.31. The third-order valence-electron chi connectivity index (χ3n) is 8.35. The second-order valence-electron chi connectivity index (χ2n) is 10.7.